The van der Waals surface area contributed by atoms with Gasteiger partial charge in [-0.2, -0.15) is 13.2 Å². The van der Waals surface area contributed by atoms with Crippen LogP contribution in [0, 0.1) is 0 Å². The lowest BCUT2D eigenvalue weighted by Crippen LogP contribution is -2.04. The van der Waals surface area contributed by atoms with Crippen molar-refractivity contribution in [3.8, 4) is 11.3 Å². The molecule has 0 amide bonds. The molecule has 2 heterocycles. The number of nitrogens with two attached hydrogens (primary N) is 1. The summed E-state index contributed by atoms with van der Waals surface area (Å²) in [6.45, 7) is 0. The molecule has 2 N–H and O–H groups in total. The summed E-state index contributed by atoms with van der Waals surface area (Å²) in [6.07, 6.45) is -1.15. The molecule has 0 fully saturated rings. The SMILES string of the molecule is Nc1cc(-c2ccc(C(F)(F)F)cc2)nc2ccncc12. The number of nitrogens with zero attached hydrogens (tertiary/aromatic N) is 2. The van der Waals surface area contributed by atoms with Gasteiger partial charge in [0.05, 0.1) is 16.8 Å². The molecule has 3 aromatic rings. The van der Waals surface area contributed by atoms with E-state index in [2.05, 4.69) is 9.97 Å². The predicted molar refractivity (Wildman–Crippen MR) is 74.4 cm³/mol. The first-order chi connectivity index (χ1) is 9.95. The molecule has 0 saturated heterocycles. The quantitative estimate of drug-likeness (QED) is 0.739. The highest BCUT2D eigenvalue weighted by Gasteiger charge is 2.30. The number of fused-ring (bicyclic) bond motifs is 1. The zero-order valence-electron chi connectivity index (χ0n) is 10.7. The van der Waals surface area contributed by atoms with Gasteiger partial charge >= 0.3 is 6.18 Å². The fourth-order valence-corrected chi connectivity index (χ4v) is 2.07. The molecule has 106 valence electrons. The van der Waals surface area contributed by atoms with E-state index >= 15 is 0 Å². The van der Waals surface area contributed by atoms with Gasteiger partial charge in [-0.25, -0.2) is 4.98 Å². The highest BCUT2D eigenvalue weighted by atomic mass is 19.4. The van der Waals surface area contributed by atoms with E-state index in [1.54, 1.807) is 24.5 Å². The third-order valence-corrected chi connectivity index (χ3v) is 3.15. The second-order valence-electron chi connectivity index (χ2n) is 4.56. The Kier molecular flexibility index (Phi) is 3.01. The van der Waals surface area contributed by atoms with Crippen LogP contribution < -0.4 is 5.73 Å². The number of aromatic nitrogens is 2. The average Bonchev–Trinajstić information content (AvgIpc) is 2.46. The number of rotatable bonds is 1. The van der Waals surface area contributed by atoms with Crippen LogP contribution in [0.3, 0.4) is 0 Å². The van der Waals surface area contributed by atoms with Crippen LogP contribution in [0.25, 0.3) is 22.2 Å². The molecule has 0 bridgehead atoms. The van der Waals surface area contributed by atoms with Gasteiger partial charge < -0.3 is 5.73 Å². The van der Waals surface area contributed by atoms with E-state index in [1.165, 1.54) is 12.1 Å². The third kappa shape index (κ3) is 2.52. The van der Waals surface area contributed by atoms with Crippen LogP contribution in [0.1, 0.15) is 5.56 Å². The molecule has 21 heavy (non-hydrogen) atoms. The standard InChI is InChI=1S/C15H10F3N3/c16-15(17,18)10-3-1-9(2-4-10)14-7-12(19)11-8-20-6-5-13(11)21-14/h1-8H,(H2,19,21). The molecule has 6 heteroatoms. The lowest BCUT2D eigenvalue weighted by atomic mass is 10.1. The van der Waals surface area contributed by atoms with Gasteiger partial charge in [0.1, 0.15) is 0 Å². The summed E-state index contributed by atoms with van der Waals surface area (Å²) in [4.78, 5) is 8.37. The third-order valence-electron chi connectivity index (χ3n) is 3.15. The fraction of sp³-hybridized carbons (Fsp3) is 0.0667. The minimum Gasteiger partial charge on any atom is -0.398 e. The number of nitrogen functional groups attached to an aromatic ring is 1. The molecule has 0 saturated carbocycles. The smallest absolute Gasteiger partial charge is 0.398 e. The highest BCUT2D eigenvalue weighted by Crippen LogP contribution is 2.31. The van der Waals surface area contributed by atoms with Crippen LogP contribution in [0.5, 0.6) is 0 Å². The number of hydrogen-bond acceptors (Lipinski definition) is 3. The number of pyridine rings is 2. The van der Waals surface area contributed by atoms with Gasteiger partial charge in [-0.1, -0.05) is 12.1 Å². The van der Waals surface area contributed by atoms with Crippen LogP contribution in [0.4, 0.5) is 18.9 Å². The Balaban J connectivity index is 2.08. The van der Waals surface area contributed by atoms with Crippen molar-refractivity contribution in [1.82, 2.24) is 9.97 Å². The Bertz CT molecular complexity index is 795. The van der Waals surface area contributed by atoms with Crippen molar-refractivity contribution in [3.05, 3.63) is 54.4 Å². The van der Waals surface area contributed by atoms with Gasteiger partial charge in [-0.3, -0.25) is 4.98 Å². The molecule has 0 aliphatic rings. The van der Waals surface area contributed by atoms with Gasteiger partial charge in [0.2, 0.25) is 0 Å². The summed E-state index contributed by atoms with van der Waals surface area (Å²) in [7, 11) is 0. The maximum Gasteiger partial charge on any atom is 0.416 e. The van der Waals surface area contributed by atoms with E-state index in [1.807, 2.05) is 0 Å². The first-order valence-electron chi connectivity index (χ1n) is 6.13. The molecule has 0 atom stereocenters. The number of anilines is 1. The molecule has 3 rings (SSSR count). The summed E-state index contributed by atoms with van der Waals surface area (Å²) in [5, 5.41) is 0.716. The van der Waals surface area contributed by atoms with Gasteiger partial charge in [0.15, 0.2) is 0 Å². The fourth-order valence-electron chi connectivity index (χ4n) is 2.07. The minimum atomic E-state index is -4.35. The lowest BCUT2D eigenvalue weighted by Gasteiger charge is -2.09. The summed E-state index contributed by atoms with van der Waals surface area (Å²) < 4.78 is 37.7. The summed E-state index contributed by atoms with van der Waals surface area (Å²) in [6, 6.07) is 8.18. The van der Waals surface area contributed by atoms with Crippen molar-refractivity contribution in [1.29, 1.82) is 0 Å². The highest BCUT2D eigenvalue weighted by molar-refractivity contribution is 5.91. The minimum absolute atomic E-state index is 0.489. The molecule has 0 spiro atoms. The molecular formula is C15H10F3N3. The van der Waals surface area contributed by atoms with Crippen molar-refractivity contribution in [2.24, 2.45) is 0 Å². The van der Waals surface area contributed by atoms with E-state index in [0.717, 1.165) is 12.1 Å². The first-order valence-corrected chi connectivity index (χ1v) is 6.13. The molecule has 0 unspecified atom stereocenters. The van der Waals surface area contributed by atoms with E-state index in [9.17, 15) is 13.2 Å². The topological polar surface area (TPSA) is 51.8 Å². The summed E-state index contributed by atoms with van der Waals surface area (Å²) in [5.41, 5.74) is 7.49. The normalized spacial score (nSPS) is 11.8. The second kappa shape index (κ2) is 4.73. The molecule has 0 radical (unpaired) electrons. The van der Waals surface area contributed by atoms with Gasteiger partial charge in [-0.05, 0) is 24.3 Å². The molecule has 2 aromatic heterocycles. The van der Waals surface area contributed by atoms with Crippen molar-refractivity contribution in [2.45, 2.75) is 6.18 Å². The summed E-state index contributed by atoms with van der Waals surface area (Å²) in [5.74, 6) is 0. The van der Waals surface area contributed by atoms with E-state index in [0.29, 0.717) is 27.8 Å². The Morgan fingerprint density at radius 3 is 2.38 bits per heavy atom. The molecular weight excluding hydrogens is 279 g/mol. The Labute approximate surface area is 118 Å². The largest absolute Gasteiger partial charge is 0.416 e. The lowest BCUT2D eigenvalue weighted by molar-refractivity contribution is -0.137. The zero-order valence-corrected chi connectivity index (χ0v) is 10.7. The maximum atomic E-state index is 12.6. The van der Waals surface area contributed by atoms with E-state index < -0.39 is 11.7 Å². The van der Waals surface area contributed by atoms with Gasteiger partial charge in [-0.15, -0.1) is 0 Å². The molecule has 1 aromatic carbocycles. The van der Waals surface area contributed by atoms with E-state index in [4.69, 9.17) is 5.73 Å². The Morgan fingerprint density at radius 1 is 1.00 bits per heavy atom. The van der Waals surface area contributed by atoms with Crippen molar-refractivity contribution in [3.63, 3.8) is 0 Å². The van der Waals surface area contributed by atoms with E-state index in [-0.39, 0.29) is 0 Å². The first kappa shape index (κ1) is 13.4. The number of benzene rings is 1. The van der Waals surface area contributed by atoms with Crippen LogP contribution in [0.15, 0.2) is 48.8 Å². The monoisotopic (exact) mass is 289 g/mol. The molecule has 0 aliphatic heterocycles. The Morgan fingerprint density at radius 2 is 1.71 bits per heavy atom. The van der Waals surface area contributed by atoms with Crippen molar-refractivity contribution >= 4 is 16.6 Å². The Hall–Kier alpha value is -2.63. The van der Waals surface area contributed by atoms with Gasteiger partial charge in [0, 0.05) is 29.0 Å². The number of hydrogen-bond donors (Lipinski definition) is 1. The molecule has 3 nitrogen and oxygen atoms in total. The molecule has 0 aliphatic carbocycles. The van der Waals surface area contributed by atoms with Gasteiger partial charge in [0.25, 0.3) is 0 Å². The second-order valence-corrected chi connectivity index (χ2v) is 4.56. The number of alkyl halides is 3. The zero-order chi connectivity index (χ0) is 15.0. The predicted octanol–water partition coefficient (Wildman–Crippen LogP) is 3.90. The van der Waals surface area contributed by atoms with Crippen LogP contribution in [0.2, 0.25) is 0 Å². The van der Waals surface area contributed by atoms with Crippen LogP contribution in [-0.4, -0.2) is 9.97 Å². The summed E-state index contributed by atoms with van der Waals surface area (Å²) >= 11 is 0. The number of halogens is 3. The van der Waals surface area contributed by atoms with Crippen LogP contribution in [-0.2, 0) is 6.18 Å². The van der Waals surface area contributed by atoms with Crippen LogP contribution >= 0.6 is 0 Å². The maximum absolute atomic E-state index is 12.6. The van der Waals surface area contributed by atoms with Crippen molar-refractivity contribution in [2.75, 3.05) is 5.73 Å². The average molecular weight is 289 g/mol. The van der Waals surface area contributed by atoms with Crippen molar-refractivity contribution < 1.29 is 13.2 Å².